The Hall–Kier alpha value is -2.63. The first kappa shape index (κ1) is 16.2. The summed E-state index contributed by atoms with van der Waals surface area (Å²) >= 11 is 0. The molecular formula is C18H22N4O2. The molecule has 0 atom stereocenters. The molecule has 0 bridgehead atoms. The van der Waals surface area contributed by atoms with E-state index in [9.17, 15) is 4.79 Å². The van der Waals surface area contributed by atoms with Gasteiger partial charge >= 0.3 is 0 Å². The van der Waals surface area contributed by atoms with Crippen molar-refractivity contribution in [1.82, 2.24) is 14.9 Å². The maximum absolute atomic E-state index is 12.4. The van der Waals surface area contributed by atoms with Gasteiger partial charge in [0.2, 0.25) is 5.95 Å². The van der Waals surface area contributed by atoms with E-state index in [1.807, 2.05) is 24.3 Å². The van der Waals surface area contributed by atoms with E-state index in [1.54, 1.807) is 11.1 Å². The first-order valence-corrected chi connectivity index (χ1v) is 8.13. The molecule has 3 rings (SSSR count). The zero-order valence-corrected chi connectivity index (χ0v) is 14.0. The molecule has 0 saturated heterocycles. The molecule has 2 N–H and O–H groups in total. The zero-order chi connectivity index (χ0) is 17.1. The lowest BCUT2D eigenvalue weighted by Gasteiger charge is -2.27. The van der Waals surface area contributed by atoms with Crippen LogP contribution < -0.4 is 10.5 Å². The lowest BCUT2D eigenvalue weighted by molar-refractivity contribution is -0.134. The minimum Gasteiger partial charge on any atom is -0.484 e. The van der Waals surface area contributed by atoms with Crippen LogP contribution in [0.5, 0.6) is 5.75 Å². The molecular weight excluding hydrogens is 304 g/mol. The van der Waals surface area contributed by atoms with Crippen LogP contribution in [0, 0.1) is 0 Å². The number of amides is 1. The highest BCUT2D eigenvalue weighted by Crippen LogP contribution is 2.20. The van der Waals surface area contributed by atoms with E-state index in [1.165, 1.54) is 5.56 Å². The van der Waals surface area contributed by atoms with Crippen LogP contribution in [0.1, 0.15) is 36.6 Å². The van der Waals surface area contributed by atoms with Gasteiger partial charge in [0.1, 0.15) is 5.75 Å². The fourth-order valence-corrected chi connectivity index (χ4v) is 2.72. The van der Waals surface area contributed by atoms with Gasteiger partial charge in [-0.3, -0.25) is 4.79 Å². The van der Waals surface area contributed by atoms with Crippen molar-refractivity contribution in [3.05, 3.63) is 47.3 Å². The maximum Gasteiger partial charge on any atom is 0.260 e. The molecule has 0 fully saturated rings. The molecule has 1 aliphatic rings. The highest BCUT2D eigenvalue weighted by molar-refractivity contribution is 5.78. The third-order valence-corrected chi connectivity index (χ3v) is 4.23. The summed E-state index contributed by atoms with van der Waals surface area (Å²) in [7, 11) is 0. The first-order chi connectivity index (χ1) is 11.5. The predicted octanol–water partition coefficient (Wildman–Crippen LogP) is 2.15. The normalized spacial score (nSPS) is 13.7. The number of ether oxygens (including phenoxy) is 1. The summed E-state index contributed by atoms with van der Waals surface area (Å²) in [6.07, 6.45) is 2.48. The lowest BCUT2D eigenvalue weighted by atomic mass is 10.0. The quantitative estimate of drug-likeness (QED) is 0.931. The Balaban J connectivity index is 1.57. The Bertz CT molecular complexity index is 728. The Labute approximate surface area is 141 Å². The molecule has 0 radical (unpaired) electrons. The van der Waals surface area contributed by atoms with E-state index in [4.69, 9.17) is 10.5 Å². The number of aromatic nitrogens is 2. The van der Waals surface area contributed by atoms with Crippen LogP contribution in [0.25, 0.3) is 0 Å². The van der Waals surface area contributed by atoms with Crippen molar-refractivity contribution in [3.63, 3.8) is 0 Å². The first-order valence-electron chi connectivity index (χ1n) is 8.13. The van der Waals surface area contributed by atoms with Crippen molar-refractivity contribution in [2.75, 3.05) is 18.9 Å². The monoisotopic (exact) mass is 326 g/mol. The molecule has 1 aliphatic heterocycles. The van der Waals surface area contributed by atoms with Crippen LogP contribution in [0.2, 0.25) is 0 Å². The van der Waals surface area contributed by atoms with Crippen molar-refractivity contribution in [3.8, 4) is 5.75 Å². The Morgan fingerprint density at radius 2 is 2.08 bits per heavy atom. The van der Waals surface area contributed by atoms with E-state index in [0.717, 1.165) is 17.7 Å². The lowest BCUT2D eigenvalue weighted by Crippen LogP contribution is -2.39. The average Bonchev–Trinajstić information content (AvgIpc) is 2.59. The Morgan fingerprint density at radius 1 is 1.33 bits per heavy atom. The number of hydrogen-bond acceptors (Lipinski definition) is 5. The Kier molecular flexibility index (Phi) is 4.64. The smallest absolute Gasteiger partial charge is 0.260 e. The van der Waals surface area contributed by atoms with Gasteiger partial charge in [-0.1, -0.05) is 26.0 Å². The van der Waals surface area contributed by atoms with Gasteiger partial charge in [-0.25, -0.2) is 9.97 Å². The van der Waals surface area contributed by atoms with Crippen LogP contribution in [-0.4, -0.2) is 33.9 Å². The van der Waals surface area contributed by atoms with Crippen molar-refractivity contribution >= 4 is 11.9 Å². The van der Waals surface area contributed by atoms with Crippen LogP contribution in [0.15, 0.2) is 30.5 Å². The van der Waals surface area contributed by atoms with E-state index in [-0.39, 0.29) is 18.5 Å². The molecule has 2 heterocycles. The van der Waals surface area contributed by atoms with Crippen LogP contribution in [0.4, 0.5) is 5.95 Å². The van der Waals surface area contributed by atoms with Gasteiger partial charge in [-0.05, 0) is 35.6 Å². The number of carbonyl (C=O) groups is 1. The molecule has 0 spiro atoms. The molecule has 126 valence electrons. The van der Waals surface area contributed by atoms with Crippen LogP contribution >= 0.6 is 0 Å². The molecule has 6 nitrogen and oxygen atoms in total. The van der Waals surface area contributed by atoms with Crippen LogP contribution in [-0.2, 0) is 17.8 Å². The summed E-state index contributed by atoms with van der Waals surface area (Å²) in [5.74, 6) is 1.37. The Morgan fingerprint density at radius 3 is 2.79 bits per heavy atom. The molecule has 1 amide bonds. The number of nitrogens with zero attached hydrogens (tertiary/aromatic N) is 3. The van der Waals surface area contributed by atoms with E-state index in [2.05, 4.69) is 23.8 Å². The summed E-state index contributed by atoms with van der Waals surface area (Å²) in [6, 6.07) is 7.87. The van der Waals surface area contributed by atoms with Gasteiger partial charge in [0.25, 0.3) is 5.91 Å². The second-order valence-electron chi connectivity index (χ2n) is 6.28. The molecule has 24 heavy (non-hydrogen) atoms. The average molecular weight is 326 g/mol. The van der Waals surface area contributed by atoms with Crippen molar-refractivity contribution in [2.45, 2.75) is 32.7 Å². The number of rotatable bonds is 4. The molecule has 2 aromatic rings. The molecule has 1 aromatic heterocycles. The third-order valence-electron chi connectivity index (χ3n) is 4.23. The number of nitrogens with two attached hydrogens (primary N) is 1. The van der Waals surface area contributed by atoms with E-state index >= 15 is 0 Å². The highest BCUT2D eigenvalue weighted by Gasteiger charge is 2.22. The van der Waals surface area contributed by atoms with Gasteiger partial charge < -0.3 is 15.4 Å². The second kappa shape index (κ2) is 6.86. The van der Waals surface area contributed by atoms with Gasteiger partial charge in [0.05, 0.1) is 12.2 Å². The van der Waals surface area contributed by atoms with E-state index < -0.39 is 0 Å². The highest BCUT2D eigenvalue weighted by atomic mass is 16.5. The van der Waals surface area contributed by atoms with Gasteiger partial charge in [0, 0.05) is 12.7 Å². The van der Waals surface area contributed by atoms with Gasteiger partial charge in [-0.15, -0.1) is 0 Å². The minimum atomic E-state index is -0.0502. The number of hydrogen-bond donors (Lipinski definition) is 1. The topological polar surface area (TPSA) is 81.3 Å². The maximum atomic E-state index is 12.4. The number of anilines is 1. The van der Waals surface area contributed by atoms with Crippen molar-refractivity contribution in [2.24, 2.45) is 0 Å². The summed E-state index contributed by atoms with van der Waals surface area (Å²) in [6.45, 7) is 5.41. The van der Waals surface area contributed by atoms with E-state index in [0.29, 0.717) is 24.8 Å². The summed E-state index contributed by atoms with van der Waals surface area (Å²) < 4.78 is 5.62. The van der Waals surface area contributed by atoms with Crippen LogP contribution in [0.3, 0.4) is 0 Å². The fraction of sp³-hybridized carbons (Fsp3) is 0.389. The summed E-state index contributed by atoms with van der Waals surface area (Å²) in [5.41, 5.74) is 8.75. The summed E-state index contributed by atoms with van der Waals surface area (Å²) in [4.78, 5) is 22.3. The predicted molar refractivity (Wildman–Crippen MR) is 91.6 cm³/mol. The largest absolute Gasteiger partial charge is 0.484 e. The molecule has 6 heteroatoms. The molecule has 0 saturated carbocycles. The number of carbonyl (C=O) groups excluding carboxylic acids is 1. The fourth-order valence-electron chi connectivity index (χ4n) is 2.72. The number of fused-ring (bicyclic) bond motifs is 1. The molecule has 0 unspecified atom stereocenters. The minimum absolute atomic E-state index is 0.0247. The second-order valence-corrected chi connectivity index (χ2v) is 6.28. The third kappa shape index (κ3) is 3.64. The summed E-state index contributed by atoms with van der Waals surface area (Å²) in [5, 5.41) is 0. The zero-order valence-electron chi connectivity index (χ0n) is 14.0. The standard InChI is InChI=1S/C18H22N4O2/c1-12(2)13-3-5-15(6-4-13)24-11-17(23)22-8-7-14-9-20-18(19)21-16(14)10-22/h3-6,9,12H,7-8,10-11H2,1-2H3,(H2,19,20,21). The molecule has 0 aliphatic carbocycles. The number of nitrogen functional groups attached to an aromatic ring is 1. The van der Waals surface area contributed by atoms with Crippen molar-refractivity contribution < 1.29 is 9.53 Å². The van der Waals surface area contributed by atoms with Crippen molar-refractivity contribution in [1.29, 1.82) is 0 Å². The van der Waals surface area contributed by atoms with Gasteiger partial charge in [0.15, 0.2) is 6.61 Å². The van der Waals surface area contributed by atoms with Gasteiger partial charge in [-0.2, -0.15) is 0 Å². The number of benzene rings is 1. The SMILES string of the molecule is CC(C)c1ccc(OCC(=O)N2CCc3cnc(N)nc3C2)cc1. The molecule has 1 aromatic carbocycles.